The van der Waals surface area contributed by atoms with Crippen LogP contribution in [0.5, 0.6) is 11.5 Å². The zero-order chi connectivity index (χ0) is 18.7. The van der Waals surface area contributed by atoms with E-state index in [-0.39, 0.29) is 6.04 Å². The van der Waals surface area contributed by atoms with E-state index in [0.29, 0.717) is 23.8 Å². The van der Waals surface area contributed by atoms with Crippen LogP contribution in [0.1, 0.15) is 38.5 Å². The summed E-state index contributed by atoms with van der Waals surface area (Å²) in [7, 11) is -3.89. The van der Waals surface area contributed by atoms with Gasteiger partial charge in [0.25, 0.3) is 0 Å². The second-order valence-electron chi connectivity index (χ2n) is 7.69. The van der Waals surface area contributed by atoms with Gasteiger partial charge in [-0.1, -0.05) is 49.2 Å². The minimum atomic E-state index is -3.89. The molecule has 0 radical (unpaired) electrons. The summed E-state index contributed by atoms with van der Waals surface area (Å²) in [4.78, 5) is 0. The third-order valence-electron chi connectivity index (χ3n) is 5.40. The van der Waals surface area contributed by atoms with Crippen LogP contribution in [0, 0.1) is 5.92 Å². The Morgan fingerprint density at radius 1 is 0.926 bits per heavy atom. The molecule has 3 atom stereocenters. The molecule has 2 saturated carbocycles. The summed E-state index contributed by atoms with van der Waals surface area (Å²) in [5.41, 5.74) is 5.74. The van der Waals surface area contributed by atoms with E-state index in [9.17, 15) is 4.57 Å². The quantitative estimate of drug-likeness (QED) is 0.680. The maximum absolute atomic E-state index is 13.7. The smallest absolute Gasteiger partial charge is 0.395 e. The molecule has 4 rings (SSSR count). The average molecular weight is 387 g/mol. The Balaban J connectivity index is 1.62. The number of rotatable bonds is 6. The summed E-state index contributed by atoms with van der Waals surface area (Å²) in [5.74, 6) is 1.44. The normalized spacial score (nSPS) is 27.7. The van der Waals surface area contributed by atoms with Crippen molar-refractivity contribution in [3.63, 3.8) is 0 Å². The predicted molar refractivity (Wildman–Crippen MR) is 105 cm³/mol. The highest BCUT2D eigenvalue weighted by molar-refractivity contribution is 7.49. The largest absolute Gasteiger partial charge is 0.588 e. The first-order valence-electron chi connectivity index (χ1n) is 9.60. The van der Waals surface area contributed by atoms with Gasteiger partial charge in [0.1, 0.15) is 11.5 Å². The lowest BCUT2D eigenvalue weighted by Crippen LogP contribution is -2.48. The molecule has 2 N–H and O–H groups in total. The van der Waals surface area contributed by atoms with Gasteiger partial charge in [0.05, 0.1) is 5.60 Å². The van der Waals surface area contributed by atoms with Crippen molar-refractivity contribution >= 4 is 7.82 Å². The van der Waals surface area contributed by atoms with Gasteiger partial charge in [0.2, 0.25) is 0 Å². The lowest BCUT2D eigenvalue weighted by Gasteiger charge is -2.47. The number of nitrogens with two attached hydrogens (primary N) is 1. The van der Waals surface area contributed by atoms with Gasteiger partial charge < -0.3 is 14.8 Å². The van der Waals surface area contributed by atoms with Gasteiger partial charge in [-0.05, 0) is 55.9 Å². The molecule has 144 valence electrons. The van der Waals surface area contributed by atoms with Crippen molar-refractivity contribution in [3.05, 3.63) is 60.7 Å². The molecule has 0 aromatic heterocycles. The van der Waals surface area contributed by atoms with E-state index in [4.69, 9.17) is 19.3 Å². The Kier molecular flexibility index (Phi) is 5.27. The fraction of sp³-hybridized carbons (Fsp3) is 0.429. The Labute approximate surface area is 160 Å². The van der Waals surface area contributed by atoms with E-state index in [1.54, 1.807) is 24.3 Å². The molecule has 0 aliphatic heterocycles. The van der Waals surface area contributed by atoms with Crippen molar-refractivity contribution in [2.75, 3.05) is 0 Å². The van der Waals surface area contributed by atoms with E-state index in [2.05, 4.69) is 0 Å². The lowest BCUT2D eigenvalue weighted by molar-refractivity contribution is -0.0460. The van der Waals surface area contributed by atoms with Gasteiger partial charge in [-0.3, -0.25) is 4.52 Å². The molecule has 2 bridgehead atoms. The third kappa shape index (κ3) is 4.55. The zero-order valence-electron chi connectivity index (χ0n) is 15.3. The summed E-state index contributed by atoms with van der Waals surface area (Å²) in [6.45, 7) is 0. The van der Waals surface area contributed by atoms with Crippen LogP contribution < -0.4 is 14.8 Å². The summed E-state index contributed by atoms with van der Waals surface area (Å²) >= 11 is 0. The number of phosphoric acid groups is 1. The standard InChI is InChI=1S/C21H26NO4P/c22-18-14-17-8-7-13-21(15-17,16-18)26-27(23,24-19-9-3-1-4-10-19)25-20-11-5-2-6-12-20/h1-6,9-12,17-18H,7-8,13-16,22H2. The molecule has 6 heteroatoms. The van der Waals surface area contributed by atoms with E-state index in [0.717, 1.165) is 32.1 Å². The molecule has 27 heavy (non-hydrogen) atoms. The first-order chi connectivity index (χ1) is 13.0. The van der Waals surface area contributed by atoms with E-state index in [1.807, 2.05) is 36.4 Å². The Hall–Kier alpha value is -1.81. The summed E-state index contributed by atoms with van der Waals surface area (Å²) < 4.78 is 31.6. The molecular formula is C21H26NO4P. The Bertz CT molecular complexity index is 751. The molecule has 2 aliphatic carbocycles. The van der Waals surface area contributed by atoms with E-state index >= 15 is 0 Å². The third-order valence-corrected chi connectivity index (χ3v) is 6.88. The number of para-hydroxylation sites is 2. The average Bonchev–Trinajstić information content (AvgIpc) is 2.62. The summed E-state index contributed by atoms with van der Waals surface area (Å²) in [6.07, 6.45) is 5.59. The lowest BCUT2D eigenvalue weighted by atomic mass is 9.68. The minimum absolute atomic E-state index is 0.0611. The van der Waals surface area contributed by atoms with Crippen molar-refractivity contribution in [2.45, 2.75) is 50.2 Å². The van der Waals surface area contributed by atoms with Gasteiger partial charge >= 0.3 is 7.82 Å². The fourth-order valence-corrected chi connectivity index (χ4v) is 6.04. The number of benzene rings is 2. The van der Waals surface area contributed by atoms with Gasteiger partial charge in [0.15, 0.2) is 0 Å². The van der Waals surface area contributed by atoms with Crippen LogP contribution in [-0.2, 0) is 9.09 Å². The molecule has 2 aliphatic rings. The Morgan fingerprint density at radius 3 is 2.11 bits per heavy atom. The molecule has 2 fully saturated rings. The predicted octanol–water partition coefficient (Wildman–Crippen LogP) is 5.32. The number of phosphoric ester groups is 1. The second kappa shape index (κ2) is 7.67. The van der Waals surface area contributed by atoms with Gasteiger partial charge in [-0.15, -0.1) is 0 Å². The van der Waals surface area contributed by atoms with Crippen LogP contribution in [0.25, 0.3) is 0 Å². The zero-order valence-corrected chi connectivity index (χ0v) is 16.2. The minimum Gasteiger partial charge on any atom is -0.395 e. The molecular weight excluding hydrogens is 361 g/mol. The van der Waals surface area contributed by atoms with Crippen LogP contribution in [-0.4, -0.2) is 11.6 Å². The maximum atomic E-state index is 13.7. The Morgan fingerprint density at radius 2 is 1.52 bits per heavy atom. The van der Waals surface area contributed by atoms with Gasteiger partial charge in [0, 0.05) is 6.04 Å². The van der Waals surface area contributed by atoms with Gasteiger partial charge in [-0.25, -0.2) is 4.57 Å². The number of fused-ring (bicyclic) bond motifs is 2. The highest BCUT2D eigenvalue weighted by Gasteiger charge is 2.49. The molecule has 0 saturated heterocycles. The fourth-order valence-electron chi connectivity index (χ4n) is 4.45. The van der Waals surface area contributed by atoms with Crippen molar-refractivity contribution in [1.82, 2.24) is 0 Å². The first kappa shape index (κ1) is 18.5. The number of hydrogen-bond donors (Lipinski definition) is 1. The SMILES string of the molecule is NC1CC2CCCC(OP(=O)(Oc3ccccc3)Oc3ccccc3)(C1)C2. The summed E-state index contributed by atoms with van der Waals surface area (Å²) in [6, 6.07) is 18.1. The monoisotopic (exact) mass is 387 g/mol. The van der Waals surface area contributed by atoms with Crippen LogP contribution in [0.2, 0.25) is 0 Å². The van der Waals surface area contributed by atoms with Crippen molar-refractivity contribution in [1.29, 1.82) is 0 Å². The highest BCUT2D eigenvalue weighted by atomic mass is 31.2. The van der Waals surface area contributed by atoms with Crippen LogP contribution >= 0.6 is 7.82 Å². The summed E-state index contributed by atoms with van der Waals surface area (Å²) in [5, 5.41) is 0. The molecule has 0 heterocycles. The molecule has 5 nitrogen and oxygen atoms in total. The molecule has 2 aromatic carbocycles. The molecule has 3 unspecified atom stereocenters. The van der Waals surface area contributed by atoms with E-state index in [1.165, 1.54) is 0 Å². The van der Waals surface area contributed by atoms with Crippen molar-refractivity contribution < 1.29 is 18.1 Å². The van der Waals surface area contributed by atoms with Crippen LogP contribution in [0.15, 0.2) is 60.7 Å². The topological polar surface area (TPSA) is 70.8 Å². The molecule has 0 spiro atoms. The van der Waals surface area contributed by atoms with Crippen LogP contribution in [0.4, 0.5) is 0 Å². The van der Waals surface area contributed by atoms with Gasteiger partial charge in [-0.2, -0.15) is 0 Å². The highest BCUT2D eigenvalue weighted by Crippen LogP contribution is 2.58. The second-order valence-corrected chi connectivity index (χ2v) is 9.13. The number of hydrogen-bond acceptors (Lipinski definition) is 5. The maximum Gasteiger partial charge on any atom is 0.588 e. The van der Waals surface area contributed by atoms with E-state index < -0.39 is 13.4 Å². The van der Waals surface area contributed by atoms with Crippen LogP contribution in [0.3, 0.4) is 0 Å². The van der Waals surface area contributed by atoms with Crippen molar-refractivity contribution in [2.24, 2.45) is 11.7 Å². The molecule has 0 amide bonds. The first-order valence-corrected chi connectivity index (χ1v) is 11.1. The molecule has 2 aromatic rings. The van der Waals surface area contributed by atoms with Crippen molar-refractivity contribution in [3.8, 4) is 11.5 Å².